The number of nitrogens with zero attached hydrogens (tertiary/aromatic N) is 2. The number of hydrogen-bond donors (Lipinski definition) is 0. The summed E-state index contributed by atoms with van der Waals surface area (Å²) in [6.45, 7) is 5.88. The molecule has 1 aliphatic heterocycles. The topological polar surface area (TPSA) is 67.3 Å². The normalized spacial score (nSPS) is 19.3. The number of carbonyl (C=O) groups is 1. The molecule has 3 rings (SSSR count). The average Bonchev–Trinajstić information content (AvgIpc) is 2.90. The number of sulfone groups is 1. The minimum absolute atomic E-state index is 0.0224. The number of pyridine rings is 1. The summed E-state index contributed by atoms with van der Waals surface area (Å²) < 4.78 is 23.6. The van der Waals surface area contributed by atoms with E-state index in [0.29, 0.717) is 18.5 Å². The van der Waals surface area contributed by atoms with Gasteiger partial charge in [0.15, 0.2) is 9.84 Å². The van der Waals surface area contributed by atoms with Crippen molar-refractivity contribution in [1.82, 2.24) is 9.88 Å². The third kappa shape index (κ3) is 3.19. The zero-order valence-electron chi connectivity index (χ0n) is 13.6. The standard InChI is InChI=1S/C18H20N2O3S/c1-3-9-20(14-8-10-24(22,23)12-14)18(21)16-11-13(2)19-17-7-5-4-6-15(16)17/h3-7,11,14H,1,8-10,12H2,2H3/t14-/m1/s1. The molecule has 2 aromatic rings. The molecular formula is C18H20N2O3S. The van der Waals surface area contributed by atoms with Crippen molar-refractivity contribution in [3.63, 3.8) is 0 Å². The van der Waals surface area contributed by atoms with Crippen molar-refractivity contribution in [3.05, 3.63) is 54.2 Å². The molecule has 1 aromatic carbocycles. The number of benzene rings is 1. The minimum Gasteiger partial charge on any atom is -0.331 e. The summed E-state index contributed by atoms with van der Waals surface area (Å²) in [5.74, 6) is -0.0118. The van der Waals surface area contributed by atoms with Gasteiger partial charge in [-0.1, -0.05) is 24.3 Å². The second-order valence-electron chi connectivity index (χ2n) is 6.13. The molecule has 24 heavy (non-hydrogen) atoms. The predicted molar refractivity (Wildman–Crippen MR) is 94.8 cm³/mol. The summed E-state index contributed by atoms with van der Waals surface area (Å²) in [4.78, 5) is 19.2. The first-order valence-electron chi connectivity index (χ1n) is 7.90. The monoisotopic (exact) mass is 344 g/mol. The van der Waals surface area contributed by atoms with Gasteiger partial charge in [-0.25, -0.2) is 8.42 Å². The smallest absolute Gasteiger partial charge is 0.255 e. The Hall–Kier alpha value is -2.21. The van der Waals surface area contributed by atoms with E-state index >= 15 is 0 Å². The van der Waals surface area contributed by atoms with Crippen molar-refractivity contribution >= 4 is 26.6 Å². The number of aryl methyl sites for hydroxylation is 1. The highest BCUT2D eigenvalue weighted by Crippen LogP contribution is 2.24. The molecule has 1 aromatic heterocycles. The zero-order chi connectivity index (χ0) is 17.3. The summed E-state index contributed by atoms with van der Waals surface area (Å²) in [7, 11) is -3.07. The average molecular weight is 344 g/mol. The molecule has 1 amide bonds. The summed E-state index contributed by atoms with van der Waals surface area (Å²) >= 11 is 0. The highest BCUT2D eigenvalue weighted by atomic mass is 32.2. The van der Waals surface area contributed by atoms with E-state index in [1.54, 1.807) is 17.0 Å². The number of aromatic nitrogens is 1. The third-order valence-electron chi connectivity index (χ3n) is 4.31. The van der Waals surface area contributed by atoms with Crippen LogP contribution in [0.1, 0.15) is 22.5 Å². The largest absolute Gasteiger partial charge is 0.331 e. The van der Waals surface area contributed by atoms with Crippen LogP contribution in [0, 0.1) is 6.92 Å². The Balaban J connectivity index is 2.04. The van der Waals surface area contributed by atoms with Crippen LogP contribution >= 0.6 is 0 Å². The van der Waals surface area contributed by atoms with E-state index in [1.165, 1.54) is 0 Å². The third-order valence-corrected chi connectivity index (χ3v) is 6.06. The van der Waals surface area contributed by atoms with Crippen LogP contribution in [0.25, 0.3) is 10.9 Å². The van der Waals surface area contributed by atoms with Crippen LogP contribution < -0.4 is 0 Å². The van der Waals surface area contributed by atoms with Crippen molar-refractivity contribution in [1.29, 1.82) is 0 Å². The Morgan fingerprint density at radius 1 is 1.42 bits per heavy atom. The van der Waals surface area contributed by atoms with Gasteiger partial charge >= 0.3 is 0 Å². The quantitative estimate of drug-likeness (QED) is 0.799. The molecule has 0 N–H and O–H groups in total. The van der Waals surface area contributed by atoms with Gasteiger partial charge in [0.05, 0.1) is 22.6 Å². The van der Waals surface area contributed by atoms with Gasteiger partial charge in [0.25, 0.3) is 5.91 Å². The number of carbonyl (C=O) groups excluding carboxylic acids is 1. The summed E-state index contributed by atoms with van der Waals surface area (Å²) in [6, 6.07) is 8.96. The molecule has 1 atom stereocenters. The van der Waals surface area contributed by atoms with E-state index in [1.807, 2.05) is 31.2 Å². The molecule has 0 aliphatic carbocycles. The number of fused-ring (bicyclic) bond motifs is 1. The highest BCUT2D eigenvalue weighted by molar-refractivity contribution is 7.91. The fraction of sp³-hybridized carbons (Fsp3) is 0.333. The van der Waals surface area contributed by atoms with Crippen molar-refractivity contribution in [2.24, 2.45) is 0 Å². The van der Waals surface area contributed by atoms with Gasteiger partial charge in [-0.05, 0) is 25.5 Å². The van der Waals surface area contributed by atoms with Crippen LogP contribution in [0.3, 0.4) is 0 Å². The van der Waals surface area contributed by atoms with Crippen LogP contribution in [0.15, 0.2) is 43.0 Å². The van der Waals surface area contributed by atoms with Crippen LogP contribution in [0.5, 0.6) is 0 Å². The van der Waals surface area contributed by atoms with Crippen molar-refractivity contribution in [3.8, 4) is 0 Å². The highest BCUT2D eigenvalue weighted by Gasteiger charge is 2.34. The molecule has 6 heteroatoms. The summed E-state index contributed by atoms with van der Waals surface area (Å²) in [5, 5.41) is 0.781. The number of amides is 1. The van der Waals surface area contributed by atoms with Crippen LogP contribution in [0.2, 0.25) is 0 Å². The van der Waals surface area contributed by atoms with Crippen LogP contribution in [-0.4, -0.2) is 48.3 Å². The first kappa shape index (κ1) is 16.6. The van der Waals surface area contributed by atoms with E-state index in [4.69, 9.17) is 0 Å². The van der Waals surface area contributed by atoms with E-state index in [2.05, 4.69) is 11.6 Å². The van der Waals surface area contributed by atoms with Crippen molar-refractivity contribution in [2.75, 3.05) is 18.1 Å². The molecule has 2 heterocycles. The number of para-hydroxylation sites is 1. The second-order valence-corrected chi connectivity index (χ2v) is 8.36. The molecular weight excluding hydrogens is 324 g/mol. The lowest BCUT2D eigenvalue weighted by Gasteiger charge is -2.27. The van der Waals surface area contributed by atoms with Crippen molar-refractivity contribution in [2.45, 2.75) is 19.4 Å². The van der Waals surface area contributed by atoms with Gasteiger partial charge in [0.1, 0.15) is 0 Å². The number of hydrogen-bond acceptors (Lipinski definition) is 4. The maximum Gasteiger partial charge on any atom is 0.255 e. The lowest BCUT2D eigenvalue weighted by atomic mass is 10.1. The Labute approximate surface area is 141 Å². The Morgan fingerprint density at radius 2 is 2.17 bits per heavy atom. The Kier molecular flexibility index (Phi) is 4.41. The Morgan fingerprint density at radius 3 is 2.83 bits per heavy atom. The fourth-order valence-electron chi connectivity index (χ4n) is 3.20. The maximum atomic E-state index is 13.2. The van der Waals surface area contributed by atoms with E-state index < -0.39 is 9.84 Å². The zero-order valence-corrected chi connectivity index (χ0v) is 14.4. The molecule has 1 saturated heterocycles. The number of rotatable bonds is 4. The lowest BCUT2D eigenvalue weighted by molar-refractivity contribution is 0.0722. The second kappa shape index (κ2) is 6.36. The minimum atomic E-state index is -3.07. The van der Waals surface area contributed by atoms with Crippen molar-refractivity contribution < 1.29 is 13.2 Å². The van der Waals surface area contributed by atoms with E-state index in [-0.39, 0.29) is 23.5 Å². The first-order valence-corrected chi connectivity index (χ1v) is 9.72. The molecule has 0 bridgehead atoms. The van der Waals surface area contributed by atoms with Gasteiger partial charge in [-0.2, -0.15) is 0 Å². The van der Waals surface area contributed by atoms with Gasteiger partial charge in [0.2, 0.25) is 0 Å². The van der Waals surface area contributed by atoms with E-state index in [9.17, 15) is 13.2 Å². The molecule has 5 nitrogen and oxygen atoms in total. The first-order chi connectivity index (χ1) is 11.4. The van der Waals surface area contributed by atoms with Crippen LogP contribution in [0.4, 0.5) is 0 Å². The van der Waals surface area contributed by atoms with E-state index in [0.717, 1.165) is 16.6 Å². The molecule has 126 valence electrons. The molecule has 1 aliphatic rings. The molecule has 0 unspecified atom stereocenters. The lowest BCUT2D eigenvalue weighted by Crippen LogP contribution is -2.41. The Bertz CT molecular complexity index is 906. The van der Waals surface area contributed by atoms with Gasteiger partial charge < -0.3 is 4.90 Å². The SMILES string of the molecule is C=CCN(C(=O)c1cc(C)nc2ccccc12)[C@@H]1CCS(=O)(=O)C1. The van der Waals surface area contributed by atoms with Crippen LogP contribution in [-0.2, 0) is 9.84 Å². The molecule has 0 spiro atoms. The molecule has 0 saturated carbocycles. The fourth-order valence-corrected chi connectivity index (χ4v) is 4.93. The maximum absolute atomic E-state index is 13.2. The molecule has 1 fully saturated rings. The van der Waals surface area contributed by atoms with Gasteiger partial charge in [0, 0.05) is 23.7 Å². The summed E-state index contributed by atoms with van der Waals surface area (Å²) in [6.07, 6.45) is 2.11. The van der Waals surface area contributed by atoms with Gasteiger partial charge in [-0.3, -0.25) is 9.78 Å². The predicted octanol–water partition coefficient (Wildman–Crippen LogP) is 2.36. The molecule has 0 radical (unpaired) electrons. The summed E-state index contributed by atoms with van der Waals surface area (Å²) in [5.41, 5.74) is 2.08. The van der Waals surface area contributed by atoms with Gasteiger partial charge in [-0.15, -0.1) is 6.58 Å².